The highest BCUT2D eigenvalue weighted by Gasteiger charge is 2.37. The quantitative estimate of drug-likeness (QED) is 0.240. The first-order valence-corrected chi connectivity index (χ1v) is 15.3. The van der Waals surface area contributed by atoms with Crippen LogP contribution in [0.5, 0.6) is 5.75 Å². The van der Waals surface area contributed by atoms with Gasteiger partial charge in [0.1, 0.15) is 17.6 Å². The van der Waals surface area contributed by atoms with Crippen LogP contribution >= 0.6 is 0 Å². The summed E-state index contributed by atoms with van der Waals surface area (Å²) >= 11 is 0. The van der Waals surface area contributed by atoms with Crippen LogP contribution in [0.15, 0.2) is 36.7 Å². The smallest absolute Gasteiger partial charge is 0.394 e. The molecule has 3 aromatic rings. The summed E-state index contributed by atoms with van der Waals surface area (Å²) in [7, 11) is -5.03. The van der Waals surface area contributed by atoms with Gasteiger partial charge in [-0.15, -0.1) is 0 Å². The summed E-state index contributed by atoms with van der Waals surface area (Å²) < 4.78 is 111. The zero-order valence-corrected chi connectivity index (χ0v) is 24.4. The van der Waals surface area contributed by atoms with Crippen molar-refractivity contribution in [3.8, 4) is 17.6 Å². The summed E-state index contributed by atoms with van der Waals surface area (Å²) in [6.07, 6.45) is -3.11. The Labute approximate surface area is 256 Å². The third-order valence-corrected chi connectivity index (χ3v) is 9.19. The van der Waals surface area contributed by atoms with Gasteiger partial charge in [0.05, 0.1) is 58.5 Å². The Bertz CT molecular complexity index is 1820. The van der Waals surface area contributed by atoms with Gasteiger partial charge in [-0.05, 0) is 44.5 Å². The zero-order chi connectivity index (χ0) is 34.1. The van der Waals surface area contributed by atoms with Gasteiger partial charge in [0, 0.05) is 36.6 Å². The first-order chi connectivity index (χ1) is 22.0. The van der Waals surface area contributed by atoms with Gasteiger partial charge < -0.3 is 24.7 Å². The SMILES string of the molecule is [2H]C([2H])([2H])Oc1cc(C(=O)NS(=O)(=O)C2CC2)ncc1NCC#Cc1cc2c(N[C@@H]3CCN(C)C[C@@H]3F)cccn2c1CC(F)(F)F. The van der Waals surface area contributed by atoms with Crippen molar-refractivity contribution >= 4 is 32.8 Å². The van der Waals surface area contributed by atoms with E-state index in [1.807, 2.05) is 16.7 Å². The number of alkyl halides is 4. The average Bonchev–Trinajstić information content (AvgIpc) is 3.77. The fourth-order valence-electron chi connectivity index (χ4n) is 4.97. The fourth-order valence-corrected chi connectivity index (χ4v) is 6.26. The van der Waals surface area contributed by atoms with E-state index < -0.39 is 58.7 Å². The van der Waals surface area contributed by atoms with Gasteiger partial charge >= 0.3 is 6.18 Å². The predicted molar refractivity (Wildman–Crippen MR) is 157 cm³/mol. The molecule has 1 saturated heterocycles. The number of carbonyl (C=O) groups is 1. The lowest BCUT2D eigenvalue weighted by atomic mass is 10.0. The third kappa shape index (κ3) is 7.36. The van der Waals surface area contributed by atoms with E-state index >= 15 is 0 Å². The third-order valence-electron chi connectivity index (χ3n) is 7.37. The molecule has 15 heteroatoms. The molecule has 0 spiro atoms. The summed E-state index contributed by atoms with van der Waals surface area (Å²) in [5.74, 6) is 4.04. The standard InChI is InChI=1S/C29H32F4N6O4S/c1-38-12-9-21(20(30)17-38)36-22-6-4-11-39-25(22)13-18(26(39)15-29(31,32)33)5-3-10-34-24-16-35-23(14-27(24)43-2)28(40)37-44(41,42)19-7-8-19/h4,6,11,13-14,16,19-21,34,36H,7-10,12,15,17H2,1-2H3,(H,37,40)/t20-,21+/m0/s1/i2D3. The largest absolute Gasteiger partial charge is 0.494 e. The Morgan fingerprint density at radius 3 is 2.75 bits per heavy atom. The molecule has 2 atom stereocenters. The Balaban J connectivity index is 1.38. The number of rotatable bonds is 9. The first kappa shape index (κ1) is 27.5. The number of fused-ring (bicyclic) bond motifs is 1. The number of methoxy groups -OCH3 is 1. The lowest BCUT2D eigenvalue weighted by Crippen LogP contribution is -2.46. The highest BCUT2D eigenvalue weighted by molar-refractivity contribution is 7.91. The summed E-state index contributed by atoms with van der Waals surface area (Å²) in [5, 5.41) is 5.25. The van der Waals surface area contributed by atoms with Crippen molar-refractivity contribution in [3.63, 3.8) is 0 Å². The Morgan fingerprint density at radius 2 is 2.05 bits per heavy atom. The number of hydrogen-bond acceptors (Lipinski definition) is 8. The monoisotopic (exact) mass is 639 g/mol. The number of carbonyl (C=O) groups excluding carboxylic acids is 1. The molecule has 1 aliphatic heterocycles. The number of sulfonamides is 1. The Morgan fingerprint density at radius 1 is 1.25 bits per heavy atom. The van der Waals surface area contributed by atoms with Gasteiger partial charge in [0.2, 0.25) is 10.0 Å². The lowest BCUT2D eigenvalue weighted by molar-refractivity contribution is -0.128. The highest BCUT2D eigenvalue weighted by Crippen LogP contribution is 2.31. The van der Waals surface area contributed by atoms with Crippen LogP contribution in [0.1, 0.15) is 45.1 Å². The van der Waals surface area contributed by atoms with E-state index in [0.717, 1.165) is 12.3 Å². The van der Waals surface area contributed by atoms with Crippen LogP contribution in [-0.4, -0.2) is 86.0 Å². The van der Waals surface area contributed by atoms with Crippen molar-refractivity contribution in [1.82, 2.24) is 19.0 Å². The van der Waals surface area contributed by atoms with Crippen molar-refractivity contribution in [2.24, 2.45) is 0 Å². The minimum Gasteiger partial charge on any atom is -0.494 e. The average molecular weight is 640 g/mol. The predicted octanol–water partition coefficient (Wildman–Crippen LogP) is 3.59. The van der Waals surface area contributed by atoms with Crippen molar-refractivity contribution in [3.05, 3.63) is 53.6 Å². The number of likely N-dealkylation sites (tertiary alicyclic amines) is 1. The highest BCUT2D eigenvalue weighted by atomic mass is 32.2. The number of nitrogens with zero attached hydrogens (tertiary/aromatic N) is 3. The minimum absolute atomic E-state index is 0.0139. The summed E-state index contributed by atoms with van der Waals surface area (Å²) in [6, 6.07) is 5.18. The molecular weight excluding hydrogens is 604 g/mol. The number of anilines is 2. The molecule has 5 rings (SSSR count). The van der Waals surface area contributed by atoms with Crippen molar-refractivity contribution in [1.29, 1.82) is 0 Å². The van der Waals surface area contributed by atoms with Crippen molar-refractivity contribution in [2.75, 3.05) is 44.4 Å². The van der Waals surface area contributed by atoms with Crippen LogP contribution in [0.4, 0.5) is 28.9 Å². The molecule has 0 bridgehead atoms. The first-order valence-electron chi connectivity index (χ1n) is 15.3. The maximum absolute atomic E-state index is 14.7. The second kappa shape index (κ2) is 12.5. The molecule has 3 N–H and O–H groups in total. The number of ether oxygens (including phenoxy) is 1. The van der Waals surface area contributed by atoms with Gasteiger partial charge in [-0.2, -0.15) is 13.2 Å². The summed E-state index contributed by atoms with van der Waals surface area (Å²) in [4.78, 5) is 18.3. The van der Waals surface area contributed by atoms with E-state index in [1.165, 1.54) is 16.7 Å². The number of nitrogens with one attached hydrogen (secondary N) is 3. The molecule has 2 aliphatic rings. The van der Waals surface area contributed by atoms with Crippen LogP contribution in [0.3, 0.4) is 0 Å². The number of hydrogen-bond donors (Lipinski definition) is 3. The van der Waals surface area contributed by atoms with E-state index in [4.69, 9.17) is 8.85 Å². The van der Waals surface area contributed by atoms with E-state index in [1.54, 1.807) is 12.1 Å². The van der Waals surface area contributed by atoms with Gasteiger partial charge in [0.15, 0.2) is 0 Å². The fraction of sp³-hybridized carbons (Fsp3) is 0.448. The maximum atomic E-state index is 14.7. The van der Waals surface area contributed by atoms with Gasteiger partial charge in [-0.1, -0.05) is 11.8 Å². The maximum Gasteiger partial charge on any atom is 0.394 e. The van der Waals surface area contributed by atoms with Crippen LogP contribution in [0, 0.1) is 11.8 Å². The normalized spacial score (nSPS) is 20.5. The lowest BCUT2D eigenvalue weighted by Gasteiger charge is -2.33. The molecule has 44 heavy (non-hydrogen) atoms. The van der Waals surface area contributed by atoms with Crippen LogP contribution in [0.25, 0.3) is 5.52 Å². The van der Waals surface area contributed by atoms with Crippen LogP contribution < -0.4 is 20.1 Å². The molecule has 0 aromatic carbocycles. The second-order valence-corrected chi connectivity index (χ2v) is 12.8. The molecule has 0 radical (unpaired) electrons. The van der Waals surface area contributed by atoms with E-state index in [9.17, 15) is 30.8 Å². The van der Waals surface area contributed by atoms with Crippen LogP contribution in [-0.2, 0) is 16.4 Å². The molecule has 1 saturated carbocycles. The van der Waals surface area contributed by atoms with Gasteiger partial charge in [-0.25, -0.2) is 22.5 Å². The molecule has 3 aromatic heterocycles. The molecule has 10 nitrogen and oxygen atoms in total. The van der Waals surface area contributed by atoms with Crippen molar-refractivity contribution < 1.29 is 39.6 Å². The van der Waals surface area contributed by atoms with E-state index in [-0.39, 0.29) is 35.8 Å². The minimum atomic E-state index is -4.55. The Kier molecular flexibility index (Phi) is 7.83. The topological polar surface area (TPSA) is 117 Å². The Hall–Kier alpha value is -4.03. The molecule has 0 unspecified atom stereocenters. The molecule has 2 fully saturated rings. The zero-order valence-electron chi connectivity index (χ0n) is 26.5. The van der Waals surface area contributed by atoms with Gasteiger partial charge in [-0.3, -0.25) is 4.79 Å². The molecule has 236 valence electrons. The molecule has 1 aliphatic carbocycles. The molecule has 4 heterocycles. The number of aromatic nitrogens is 2. The van der Waals surface area contributed by atoms with Gasteiger partial charge in [0.25, 0.3) is 5.91 Å². The summed E-state index contributed by atoms with van der Waals surface area (Å²) in [6.45, 7) is 0.693. The molecule has 1 amide bonds. The van der Waals surface area contributed by atoms with Crippen LogP contribution in [0.2, 0.25) is 0 Å². The van der Waals surface area contributed by atoms with E-state index in [2.05, 4.69) is 27.5 Å². The number of halogens is 4. The number of pyridine rings is 2. The number of piperidine rings is 1. The van der Waals surface area contributed by atoms with Crippen molar-refractivity contribution in [2.45, 2.75) is 49.3 Å². The molecular formula is C29H32F4N6O4S. The number of amides is 1. The van der Waals surface area contributed by atoms with E-state index in [0.29, 0.717) is 37.0 Å². The second-order valence-electron chi connectivity index (χ2n) is 10.8. The summed E-state index contributed by atoms with van der Waals surface area (Å²) in [5.41, 5.74) is 0.398.